The summed E-state index contributed by atoms with van der Waals surface area (Å²) >= 11 is 1.97. The van der Waals surface area contributed by atoms with E-state index in [0.717, 1.165) is 3.57 Å². The van der Waals surface area contributed by atoms with Gasteiger partial charge in [-0.25, -0.2) is 17.9 Å². The van der Waals surface area contributed by atoms with Gasteiger partial charge in [0.1, 0.15) is 0 Å². The van der Waals surface area contributed by atoms with E-state index in [1.807, 2.05) is 22.6 Å². The Labute approximate surface area is 107 Å². The van der Waals surface area contributed by atoms with Gasteiger partial charge in [-0.1, -0.05) is 0 Å². The number of hydrogen-bond donors (Lipinski definition) is 1. The van der Waals surface area contributed by atoms with Gasteiger partial charge in [0, 0.05) is 3.57 Å². The Morgan fingerprint density at radius 2 is 2.06 bits per heavy atom. The number of nitrogens with one attached hydrogen (secondary N) is 1. The largest absolute Gasteiger partial charge is 0.465 e. The van der Waals surface area contributed by atoms with E-state index in [2.05, 4.69) is 9.46 Å². The SMILES string of the molecule is CNS(=O)(=O)c1cc(I)ccc1C(=O)OC. The van der Waals surface area contributed by atoms with Crippen LogP contribution in [0.3, 0.4) is 0 Å². The van der Waals surface area contributed by atoms with Crippen molar-refractivity contribution in [2.24, 2.45) is 0 Å². The predicted octanol–water partition coefficient (Wildman–Crippen LogP) is 0.986. The monoisotopic (exact) mass is 355 g/mol. The van der Waals surface area contributed by atoms with Crippen LogP contribution in [0.2, 0.25) is 0 Å². The first-order chi connectivity index (χ1) is 7.42. The standard InChI is InChI=1S/C9H10INO4S/c1-11-16(13,14)8-5-6(10)3-4-7(8)9(12)15-2/h3-5,11H,1-2H3. The van der Waals surface area contributed by atoms with Gasteiger partial charge in [0.05, 0.1) is 17.6 Å². The van der Waals surface area contributed by atoms with Gasteiger partial charge in [-0.3, -0.25) is 0 Å². The lowest BCUT2D eigenvalue weighted by Crippen LogP contribution is -2.22. The molecular formula is C9H10INO4S. The molecule has 0 fully saturated rings. The Morgan fingerprint density at radius 3 is 2.56 bits per heavy atom. The molecule has 0 radical (unpaired) electrons. The third-order valence-electron chi connectivity index (χ3n) is 1.91. The molecule has 0 spiro atoms. The number of methoxy groups -OCH3 is 1. The van der Waals surface area contributed by atoms with Crippen molar-refractivity contribution < 1.29 is 17.9 Å². The Hall–Kier alpha value is -0.670. The summed E-state index contributed by atoms with van der Waals surface area (Å²) in [5.41, 5.74) is 0.0252. The highest BCUT2D eigenvalue weighted by Crippen LogP contribution is 2.19. The van der Waals surface area contributed by atoms with Crippen molar-refractivity contribution in [3.63, 3.8) is 0 Å². The fourth-order valence-corrected chi connectivity index (χ4v) is 2.75. The summed E-state index contributed by atoms with van der Waals surface area (Å²) in [6.07, 6.45) is 0. The van der Waals surface area contributed by atoms with E-state index < -0.39 is 16.0 Å². The first kappa shape index (κ1) is 13.4. The molecule has 1 rings (SSSR count). The molecule has 0 aliphatic rings. The minimum atomic E-state index is -3.66. The first-order valence-electron chi connectivity index (χ1n) is 4.24. The number of sulfonamides is 1. The van der Waals surface area contributed by atoms with Crippen LogP contribution in [0.5, 0.6) is 0 Å². The highest BCUT2D eigenvalue weighted by Gasteiger charge is 2.21. The summed E-state index contributed by atoms with van der Waals surface area (Å²) in [6.45, 7) is 0. The van der Waals surface area contributed by atoms with E-state index in [9.17, 15) is 13.2 Å². The van der Waals surface area contributed by atoms with Gasteiger partial charge < -0.3 is 4.74 Å². The van der Waals surface area contributed by atoms with E-state index in [-0.39, 0.29) is 10.5 Å². The zero-order chi connectivity index (χ0) is 12.3. The number of carbonyl (C=O) groups excluding carboxylic acids is 1. The van der Waals surface area contributed by atoms with Gasteiger partial charge in [0.25, 0.3) is 0 Å². The molecular weight excluding hydrogens is 345 g/mol. The molecule has 5 nitrogen and oxygen atoms in total. The minimum absolute atomic E-state index is 0.0252. The zero-order valence-electron chi connectivity index (χ0n) is 8.65. The Balaban J connectivity index is 3.47. The number of ether oxygens (including phenoxy) is 1. The second kappa shape index (κ2) is 5.11. The topological polar surface area (TPSA) is 72.5 Å². The maximum Gasteiger partial charge on any atom is 0.339 e. The van der Waals surface area contributed by atoms with Gasteiger partial charge >= 0.3 is 5.97 Å². The van der Waals surface area contributed by atoms with Crippen molar-refractivity contribution in [3.05, 3.63) is 27.3 Å². The van der Waals surface area contributed by atoms with Crippen LogP contribution in [0, 0.1) is 3.57 Å². The second-order valence-electron chi connectivity index (χ2n) is 2.84. The highest BCUT2D eigenvalue weighted by molar-refractivity contribution is 14.1. The van der Waals surface area contributed by atoms with Gasteiger partial charge in [-0.05, 0) is 47.8 Å². The molecule has 0 aliphatic heterocycles. The number of hydrogen-bond acceptors (Lipinski definition) is 4. The first-order valence-corrected chi connectivity index (χ1v) is 6.80. The molecule has 0 amide bonds. The van der Waals surface area contributed by atoms with E-state index in [4.69, 9.17) is 0 Å². The molecule has 0 saturated heterocycles. The van der Waals surface area contributed by atoms with Crippen LogP contribution in [0.1, 0.15) is 10.4 Å². The van der Waals surface area contributed by atoms with Crippen LogP contribution in [-0.4, -0.2) is 28.5 Å². The highest BCUT2D eigenvalue weighted by atomic mass is 127. The lowest BCUT2D eigenvalue weighted by atomic mass is 10.2. The van der Waals surface area contributed by atoms with Crippen molar-refractivity contribution in [2.75, 3.05) is 14.2 Å². The summed E-state index contributed by atoms with van der Waals surface area (Å²) in [7, 11) is -1.17. The zero-order valence-corrected chi connectivity index (χ0v) is 11.6. The van der Waals surface area contributed by atoms with Crippen molar-refractivity contribution in [1.29, 1.82) is 0 Å². The molecule has 0 saturated carbocycles. The normalized spacial score (nSPS) is 11.2. The molecule has 0 bridgehead atoms. The molecule has 0 aliphatic carbocycles. The fraction of sp³-hybridized carbons (Fsp3) is 0.222. The number of benzene rings is 1. The molecule has 0 unspecified atom stereocenters. The Morgan fingerprint density at radius 1 is 1.44 bits per heavy atom. The van der Waals surface area contributed by atoms with Crippen molar-refractivity contribution in [1.82, 2.24) is 4.72 Å². The molecule has 0 atom stereocenters. The van der Waals surface area contributed by atoms with Gasteiger partial charge in [0.15, 0.2) is 0 Å². The number of carbonyl (C=O) groups is 1. The molecule has 1 N–H and O–H groups in total. The molecule has 16 heavy (non-hydrogen) atoms. The van der Waals surface area contributed by atoms with Crippen molar-refractivity contribution in [3.8, 4) is 0 Å². The average Bonchev–Trinajstić information content (AvgIpc) is 2.28. The van der Waals surface area contributed by atoms with Crippen LogP contribution >= 0.6 is 22.6 Å². The van der Waals surface area contributed by atoms with E-state index in [1.54, 1.807) is 6.07 Å². The van der Waals surface area contributed by atoms with Crippen LogP contribution in [0.4, 0.5) is 0 Å². The lowest BCUT2D eigenvalue weighted by molar-refractivity contribution is 0.0596. The van der Waals surface area contributed by atoms with Crippen LogP contribution in [0.25, 0.3) is 0 Å². The third-order valence-corrected chi connectivity index (χ3v) is 4.03. The number of rotatable bonds is 3. The second-order valence-corrected chi connectivity index (χ2v) is 5.94. The van der Waals surface area contributed by atoms with E-state index in [1.165, 1.54) is 26.3 Å². The Bertz CT molecular complexity index is 512. The van der Waals surface area contributed by atoms with E-state index >= 15 is 0 Å². The fourth-order valence-electron chi connectivity index (χ4n) is 1.11. The van der Waals surface area contributed by atoms with E-state index in [0.29, 0.717) is 0 Å². The summed E-state index contributed by atoms with van der Waals surface area (Å²) < 4.78 is 30.8. The third kappa shape index (κ3) is 2.71. The lowest BCUT2D eigenvalue weighted by Gasteiger charge is -2.08. The molecule has 88 valence electrons. The maximum absolute atomic E-state index is 11.7. The van der Waals surface area contributed by atoms with Gasteiger partial charge in [0.2, 0.25) is 10.0 Å². The summed E-state index contributed by atoms with van der Waals surface area (Å²) in [5.74, 6) is -0.676. The average molecular weight is 355 g/mol. The summed E-state index contributed by atoms with van der Waals surface area (Å²) in [5, 5.41) is 0. The smallest absolute Gasteiger partial charge is 0.339 e. The molecule has 0 heterocycles. The number of halogens is 1. The molecule has 7 heteroatoms. The quantitative estimate of drug-likeness (QED) is 0.648. The van der Waals surface area contributed by atoms with Crippen molar-refractivity contribution >= 4 is 38.6 Å². The summed E-state index contributed by atoms with van der Waals surface area (Å²) in [4.78, 5) is 11.3. The van der Waals surface area contributed by atoms with Crippen LogP contribution < -0.4 is 4.72 Å². The molecule has 1 aromatic carbocycles. The van der Waals surface area contributed by atoms with Crippen LogP contribution in [0.15, 0.2) is 23.1 Å². The molecule has 0 aromatic heterocycles. The van der Waals surface area contributed by atoms with Crippen LogP contribution in [-0.2, 0) is 14.8 Å². The minimum Gasteiger partial charge on any atom is -0.465 e. The Kier molecular flexibility index (Phi) is 4.28. The van der Waals surface area contributed by atoms with Crippen molar-refractivity contribution in [2.45, 2.75) is 4.90 Å². The maximum atomic E-state index is 11.7. The summed E-state index contributed by atoms with van der Waals surface area (Å²) in [6, 6.07) is 4.48. The van der Waals surface area contributed by atoms with Gasteiger partial charge in [-0.15, -0.1) is 0 Å². The number of esters is 1. The predicted molar refractivity (Wildman–Crippen MR) is 66.7 cm³/mol. The van der Waals surface area contributed by atoms with Gasteiger partial charge in [-0.2, -0.15) is 0 Å². The molecule has 1 aromatic rings.